The van der Waals surface area contributed by atoms with Gasteiger partial charge in [-0.15, -0.1) is 0 Å². The third-order valence-corrected chi connectivity index (χ3v) is 10.1. The van der Waals surface area contributed by atoms with Crippen molar-refractivity contribution >= 4 is 22.7 Å². The Morgan fingerprint density at radius 3 is 2.73 bits per heavy atom. The van der Waals surface area contributed by atoms with Crippen LogP contribution >= 0.6 is 0 Å². The first kappa shape index (κ1) is 23.3. The zero-order valence-corrected chi connectivity index (χ0v) is 21.0. The molecular weight excluding hydrogens is 490 g/mol. The molecule has 0 fully saturated rings. The van der Waals surface area contributed by atoms with Gasteiger partial charge >= 0.3 is 179 Å². The summed E-state index contributed by atoms with van der Waals surface area (Å²) in [6, 6.07) is 17.5. The maximum Gasteiger partial charge on any atom is -1.00 e. The summed E-state index contributed by atoms with van der Waals surface area (Å²) in [6.07, 6.45) is 14.2. The molecule has 152 valence electrons. The van der Waals surface area contributed by atoms with E-state index in [1.165, 1.54) is 53.4 Å². The minimum absolute atomic E-state index is 0. The maximum atomic E-state index is 4.80. The van der Waals surface area contributed by atoms with Gasteiger partial charge in [0.15, 0.2) is 0 Å². The summed E-state index contributed by atoms with van der Waals surface area (Å²) in [5.41, 5.74) is 7.13. The van der Waals surface area contributed by atoms with Gasteiger partial charge in [-0.05, 0) is 0 Å². The summed E-state index contributed by atoms with van der Waals surface area (Å²) >= 11 is -0.816. The van der Waals surface area contributed by atoms with Crippen LogP contribution in [0.5, 0.6) is 0 Å². The SMILES string of the molecule is CCCCC1=[C]([Zr+2][CH]2C(n3ncc4ccccc43)=Cc3ccccc32)CC=C1.[Cl-].[Cl-]. The maximum absolute atomic E-state index is 4.80. The first-order chi connectivity index (χ1) is 13.8. The van der Waals surface area contributed by atoms with Crippen LogP contribution in [0.4, 0.5) is 0 Å². The summed E-state index contributed by atoms with van der Waals surface area (Å²) in [6.45, 7) is 2.29. The van der Waals surface area contributed by atoms with Crippen LogP contribution in [0.3, 0.4) is 0 Å². The van der Waals surface area contributed by atoms with Gasteiger partial charge in [0.05, 0.1) is 0 Å². The number of para-hydroxylation sites is 1. The molecule has 5 rings (SSSR count). The molecule has 2 aliphatic carbocycles. The normalized spacial score (nSPS) is 16.7. The molecule has 0 N–H and O–H groups in total. The van der Waals surface area contributed by atoms with Gasteiger partial charge in [-0.1, -0.05) is 0 Å². The average Bonchev–Trinajstić information content (AvgIpc) is 3.44. The molecule has 1 atom stereocenters. The Morgan fingerprint density at radius 1 is 1.07 bits per heavy atom. The number of nitrogens with zero attached hydrogens (tertiary/aromatic N) is 2. The number of unbranched alkanes of at least 4 members (excludes halogenated alkanes) is 1. The van der Waals surface area contributed by atoms with Crippen LogP contribution in [0, 0.1) is 0 Å². The number of halogens is 2. The van der Waals surface area contributed by atoms with Crippen molar-refractivity contribution in [2.75, 3.05) is 0 Å². The Kier molecular flexibility index (Phi) is 7.96. The molecule has 0 saturated heterocycles. The van der Waals surface area contributed by atoms with Crippen molar-refractivity contribution in [2.45, 2.75) is 36.2 Å². The number of hydrogen-bond acceptors (Lipinski definition) is 1. The van der Waals surface area contributed by atoms with Crippen LogP contribution in [0.2, 0.25) is 0 Å². The van der Waals surface area contributed by atoms with Gasteiger partial charge in [-0.3, -0.25) is 0 Å². The fraction of sp³-hybridized carbons (Fsp3) is 0.240. The summed E-state index contributed by atoms with van der Waals surface area (Å²) in [4.78, 5) is 0. The van der Waals surface area contributed by atoms with Crippen molar-refractivity contribution in [2.24, 2.45) is 0 Å². The zero-order valence-electron chi connectivity index (χ0n) is 17.0. The van der Waals surface area contributed by atoms with Gasteiger partial charge in [0, 0.05) is 0 Å². The molecule has 0 aliphatic heterocycles. The predicted octanol–water partition coefficient (Wildman–Crippen LogP) is 0.584. The van der Waals surface area contributed by atoms with Crippen LogP contribution in [0.25, 0.3) is 22.7 Å². The van der Waals surface area contributed by atoms with Crippen LogP contribution in [-0.4, -0.2) is 9.78 Å². The van der Waals surface area contributed by atoms with E-state index in [1.54, 1.807) is 8.85 Å². The van der Waals surface area contributed by atoms with Gasteiger partial charge in [0.25, 0.3) is 0 Å². The number of rotatable bonds is 6. The molecule has 0 amide bonds. The Balaban J connectivity index is 0.00000128. The van der Waals surface area contributed by atoms with E-state index >= 15 is 0 Å². The molecule has 2 aromatic carbocycles. The number of benzene rings is 2. The van der Waals surface area contributed by atoms with Crippen LogP contribution in [-0.2, 0) is 23.2 Å². The van der Waals surface area contributed by atoms with Crippen molar-refractivity contribution in [3.8, 4) is 0 Å². The summed E-state index contributed by atoms with van der Waals surface area (Å²) in [5.74, 6) is 0. The van der Waals surface area contributed by atoms with Gasteiger partial charge < -0.3 is 24.8 Å². The largest absolute Gasteiger partial charge is 1.00 e. The van der Waals surface area contributed by atoms with Crippen LogP contribution < -0.4 is 24.8 Å². The fourth-order valence-electron chi connectivity index (χ4n) is 4.30. The second kappa shape index (κ2) is 10.3. The van der Waals surface area contributed by atoms with Gasteiger partial charge in [-0.25, -0.2) is 0 Å². The Labute approximate surface area is 202 Å². The standard InChI is InChI=1S/C16H11N2.C9H13.2ClH.Zr/c1-2-6-13-10-15(9-12(13)5-1)18-16-8-4-3-7-14(16)11-17-18;1-2-3-6-9-7-4-5-8-9;;;/h1-11H;4,7H,2-3,5-6H2,1H3;2*1H;/q;;;;+2/p-2. The van der Waals surface area contributed by atoms with Gasteiger partial charge in [0.2, 0.25) is 0 Å². The monoisotopic (exact) mass is 512 g/mol. The molecular formula is C25H24Cl2N2Zr. The number of fused-ring (bicyclic) bond motifs is 2. The van der Waals surface area contributed by atoms with Crippen LogP contribution in [0.1, 0.15) is 47.4 Å². The minimum atomic E-state index is -0.816. The second-order valence-corrected chi connectivity index (χ2v) is 11.2. The van der Waals surface area contributed by atoms with E-state index in [9.17, 15) is 0 Å². The first-order valence-electron chi connectivity index (χ1n) is 10.2. The van der Waals surface area contributed by atoms with Gasteiger partial charge in [0.1, 0.15) is 0 Å². The number of allylic oxidation sites excluding steroid dienone is 5. The van der Waals surface area contributed by atoms with E-state index in [4.69, 9.17) is 5.10 Å². The molecule has 0 radical (unpaired) electrons. The summed E-state index contributed by atoms with van der Waals surface area (Å²) in [7, 11) is 0. The molecule has 0 spiro atoms. The molecule has 1 aromatic heterocycles. The Bertz CT molecular complexity index is 1130. The minimum Gasteiger partial charge on any atom is -1.00 e. The predicted molar refractivity (Wildman–Crippen MR) is 113 cm³/mol. The van der Waals surface area contributed by atoms with E-state index < -0.39 is 23.2 Å². The topological polar surface area (TPSA) is 17.8 Å². The molecule has 3 aromatic rings. The molecule has 2 nitrogen and oxygen atoms in total. The molecule has 1 unspecified atom stereocenters. The van der Waals surface area contributed by atoms with E-state index in [0.29, 0.717) is 3.63 Å². The van der Waals surface area contributed by atoms with Crippen molar-refractivity contribution in [3.63, 3.8) is 0 Å². The summed E-state index contributed by atoms with van der Waals surface area (Å²) in [5, 5.41) is 6.01. The number of hydrogen-bond donors (Lipinski definition) is 0. The molecule has 1 heterocycles. The number of aromatic nitrogens is 2. The molecule has 30 heavy (non-hydrogen) atoms. The van der Waals surface area contributed by atoms with Crippen LogP contribution in [0.15, 0.2) is 75.7 Å². The molecule has 0 saturated carbocycles. The third kappa shape index (κ3) is 4.31. The Morgan fingerprint density at radius 2 is 1.87 bits per heavy atom. The van der Waals surface area contributed by atoms with Crippen molar-refractivity contribution in [3.05, 3.63) is 86.9 Å². The quantitative estimate of drug-likeness (QED) is 0.471. The zero-order chi connectivity index (χ0) is 18.9. The summed E-state index contributed by atoms with van der Waals surface area (Å²) < 4.78 is 4.52. The van der Waals surface area contributed by atoms with E-state index in [2.05, 4.69) is 78.4 Å². The Hall–Kier alpha value is -1.41. The fourth-order valence-corrected chi connectivity index (χ4v) is 8.60. The molecule has 5 heteroatoms. The molecule has 2 aliphatic rings. The molecule has 0 bridgehead atoms. The average molecular weight is 515 g/mol. The van der Waals surface area contributed by atoms with Crippen molar-refractivity contribution in [1.29, 1.82) is 0 Å². The second-order valence-electron chi connectivity index (χ2n) is 7.60. The third-order valence-electron chi connectivity index (χ3n) is 5.77. The van der Waals surface area contributed by atoms with E-state index in [-0.39, 0.29) is 24.8 Å². The van der Waals surface area contributed by atoms with Crippen molar-refractivity contribution < 1.29 is 48.0 Å². The first-order valence-corrected chi connectivity index (χ1v) is 12.9. The van der Waals surface area contributed by atoms with E-state index in [1.807, 2.05) is 6.20 Å². The van der Waals surface area contributed by atoms with Crippen molar-refractivity contribution in [1.82, 2.24) is 9.78 Å². The smallest absolute Gasteiger partial charge is 1.00 e. The van der Waals surface area contributed by atoms with Gasteiger partial charge in [-0.2, -0.15) is 0 Å². The van der Waals surface area contributed by atoms with E-state index in [0.717, 1.165) is 0 Å².